The SMILES string of the molecule is CCCN(CC(=O)Nc1ccccc1C)C(=O)CCNC(=O)c1ccc(F)cc1F. The number of benzene rings is 2. The van der Waals surface area contributed by atoms with E-state index in [2.05, 4.69) is 10.6 Å². The Labute approximate surface area is 174 Å². The summed E-state index contributed by atoms with van der Waals surface area (Å²) in [6, 6.07) is 9.98. The average molecular weight is 417 g/mol. The summed E-state index contributed by atoms with van der Waals surface area (Å²) in [6.45, 7) is 4.01. The minimum Gasteiger partial charge on any atom is -0.351 e. The van der Waals surface area contributed by atoms with Crippen molar-refractivity contribution >= 4 is 23.4 Å². The van der Waals surface area contributed by atoms with E-state index in [4.69, 9.17) is 0 Å². The third kappa shape index (κ3) is 6.65. The number of nitrogens with zero attached hydrogens (tertiary/aromatic N) is 1. The fraction of sp³-hybridized carbons (Fsp3) is 0.318. The van der Waals surface area contributed by atoms with Crippen molar-refractivity contribution in [2.24, 2.45) is 0 Å². The molecule has 0 aromatic heterocycles. The lowest BCUT2D eigenvalue weighted by Crippen LogP contribution is -2.40. The molecule has 0 fully saturated rings. The van der Waals surface area contributed by atoms with E-state index in [1.165, 1.54) is 4.90 Å². The maximum absolute atomic E-state index is 13.6. The highest BCUT2D eigenvalue weighted by atomic mass is 19.1. The third-order valence-corrected chi connectivity index (χ3v) is 4.40. The Hall–Kier alpha value is -3.29. The van der Waals surface area contributed by atoms with Gasteiger partial charge in [-0.3, -0.25) is 14.4 Å². The second kappa shape index (κ2) is 11.0. The lowest BCUT2D eigenvalue weighted by Gasteiger charge is -2.22. The first-order valence-electron chi connectivity index (χ1n) is 9.68. The van der Waals surface area contributed by atoms with E-state index in [0.717, 1.165) is 17.7 Å². The second-order valence-electron chi connectivity index (χ2n) is 6.81. The van der Waals surface area contributed by atoms with Gasteiger partial charge in [0.1, 0.15) is 11.6 Å². The average Bonchev–Trinajstić information content (AvgIpc) is 2.69. The lowest BCUT2D eigenvalue weighted by atomic mass is 10.2. The molecule has 0 aliphatic heterocycles. The molecule has 2 rings (SSSR count). The Balaban J connectivity index is 1.88. The third-order valence-electron chi connectivity index (χ3n) is 4.40. The van der Waals surface area contributed by atoms with Crippen LogP contribution in [0.3, 0.4) is 0 Å². The molecular formula is C22H25F2N3O3. The van der Waals surface area contributed by atoms with Gasteiger partial charge < -0.3 is 15.5 Å². The van der Waals surface area contributed by atoms with Gasteiger partial charge in [0.25, 0.3) is 5.91 Å². The number of amides is 3. The van der Waals surface area contributed by atoms with Crippen molar-refractivity contribution in [3.63, 3.8) is 0 Å². The number of hydrogen-bond acceptors (Lipinski definition) is 3. The maximum Gasteiger partial charge on any atom is 0.254 e. The van der Waals surface area contributed by atoms with Crippen molar-refractivity contribution in [1.29, 1.82) is 0 Å². The minimum atomic E-state index is -0.973. The number of rotatable bonds is 9. The van der Waals surface area contributed by atoms with E-state index in [0.29, 0.717) is 24.7 Å². The van der Waals surface area contributed by atoms with Crippen LogP contribution >= 0.6 is 0 Å². The highest BCUT2D eigenvalue weighted by molar-refractivity contribution is 5.96. The van der Waals surface area contributed by atoms with Gasteiger partial charge in [-0.05, 0) is 37.1 Å². The number of carbonyl (C=O) groups is 3. The van der Waals surface area contributed by atoms with Gasteiger partial charge in [0.15, 0.2) is 0 Å². The van der Waals surface area contributed by atoms with Crippen molar-refractivity contribution in [2.75, 3.05) is 25.0 Å². The van der Waals surface area contributed by atoms with Gasteiger partial charge in [0, 0.05) is 31.3 Å². The van der Waals surface area contributed by atoms with Crippen LogP contribution < -0.4 is 10.6 Å². The first kappa shape index (κ1) is 23.0. The summed E-state index contributed by atoms with van der Waals surface area (Å²) in [5.74, 6) is -3.11. The first-order chi connectivity index (χ1) is 14.3. The summed E-state index contributed by atoms with van der Waals surface area (Å²) in [5, 5.41) is 5.22. The molecule has 2 aromatic carbocycles. The molecule has 6 nitrogen and oxygen atoms in total. The van der Waals surface area contributed by atoms with Gasteiger partial charge in [-0.25, -0.2) is 8.78 Å². The van der Waals surface area contributed by atoms with Crippen LogP contribution in [0, 0.1) is 18.6 Å². The van der Waals surface area contributed by atoms with Crippen LogP contribution in [0.15, 0.2) is 42.5 Å². The summed E-state index contributed by atoms with van der Waals surface area (Å²) < 4.78 is 26.6. The van der Waals surface area contributed by atoms with Crippen molar-refractivity contribution in [3.8, 4) is 0 Å². The number of halogens is 2. The standard InChI is InChI=1S/C22H25F2N3O3/c1-3-12-27(14-20(28)26-19-7-5-4-6-15(19)2)21(29)10-11-25-22(30)17-9-8-16(23)13-18(17)24/h4-9,13H,3,10-12,14H2,1-2H3,(H,25,30)(H,26,28). The Bertz CT molecular complexity index is 918. The van der Waals surface area contributed by atoms with Gasteiger partial charge in [-0.15, -0.1) is 0 Å². The smallest absolute Gasteiger partial charge is 0.254 e. The van der Waals surface area contributed by atoms with Crippen molar-refractivity contribution in [1.82, 2.24) is 10.2 Å². The van der Waals surface area contributed by atoms with Crippen molar-refractivity contribution < 1.29 is 23.2 Å². The zero-order chi connectivity index (χ0) is 22.1. The van der Waals surface area contributed by atoms with Crippen molar-refractivity contribution in [3.05, 3.63) is 65.2 Å². The monoisotopic (exact) mass is 417 g/mol. The fourth-order valence-electron chi connectivity index (χ4n) is 2.85. The zero-order valence-corrected chi connectivity index (χ0v) is 17.0. The second-order valence-corrected chi connectivity index (χ2v) is 6.81. The van der Waals surface area contributed by atoms with E-state index in [9.17, 15) is 23.2 Å². The first-order valence-corrected chi connectivity index (χ1v) is 9.68. The highest BCUT2D eigenvalue weighted by Crippen LogP contribution is 2.13. The number of para-hydroxylation sites is 1. The van der Waals surface area contributed by atoms with E-state index in [1.807, 2.05) is 32.0 Å². The number of aryl methyl sites for hydroxylation is 1. The van der Waals surface area contributed by atoms with Crippen LogP contribution in [-0.4, -0.2) is 42.3 Å². The molecule has 0 saturated heterocycles. The van der Waals surface area contributed by atoms with Crippen LogP contribution in [0.4, 0.5) is 14.5 Å². The lowest BCUT2D eigenvalue weighted by molar-refractivity contribution is -0.134. The zero-order valence-electron chi connectivity index (χ0n) is 17.0. The molecule has 8 heteroatoms. The topological polar surface area (TPSA) is 78.5 Å². The Morgan fingerprint density at radius 3 is 2.47 bits per heavy atom. The highest BCUT2D eigenvalue weighted by Gasteiger charge is 2.18. The fourth-order valence-corrected chi connectivity index (χ4v) is 2.85. The molecule has 0 atom stereocenters. The molecule has 0 saturated carbocycles. The molecule has 0 unspecified atom stereocenters. The molecule has 3 amide bonds. The minimum absolute atomic E-state index is 0.0336. The molecule has 0 heterocycles. The summed E-state index contributed by atoms with van der Waals surface area (Å²) in [7, 11) is 0. The molecular weight excluding hydrogens is 392 g/mol. The number of carbonyl (C=O) groups excluding carboxylic acids is 3. The van der Waals surface area contributed by atoms with Gasteiger partial charge in [0.05, 0.1) is 12.1 Å². The van der Waals surface area contributed by atoms with Gasteiger partial charge in [-0.1, -0.05) is 25.1 Å². The Kier molecular flexibility index (Phi) is 8.46. The molecule has 0 aliphatic carbocycles. The van der Waals surface area contributed by atoms with Crippen molar-refractivity contribution in [2.45, 2.75) is 26.7 Å². The van der Waals surface area contributed by atoms with Crippen LogP contribution in [0.1, 0.15) is 35.7 Å². The van der Waals surface area contributed by atoms with E-state index >= 15 is 0 Å². The van der Waals surface area contributed by atoms with E-state index in [-0.39, 0.29) is 36.9 Å². The summed E-state index contributed by atoms with van der Waals surface area (Å²) in [6.07, 6.45) is 0.614. The normalized spacial score (nSPS) is 10.4. The molecule has 0 bridgehead atoms. The largest absolute Gasteiger partial charge is 0.351 e. The van der Waals surface area contributed by atoms with Crippen LogP contribution in [0.25, 0.3) is 0 Å². The molecule has 0 aliphatic rings. The van der Waals surface area contributed by atoms with Crippen LogP contribution in [0.5, 0.6) is 0 Å². The molecule has 30 heavy (non-hydrogen) atoms. The molecule has 0 radical (unpaired) electrons. The van der Waals surface area contributed by atoms with Crippen LogP contribution in [0.2, 0.25) is 0 Å². The predicted molar refractivity (Wildman–Crippen MR) is 110 cm³/mol. The summed E-state index contributed by atoms with van der Waals surface area (Å²) >= 11 is 0. The van der Waals surface area contributed by atoms with E-state index in [1.54, 1.807) is 6.07 Å². The van der Waals surface area contributed by atoms with Crippen LogP contribution in [-0.2, 0) is 9.59 Å². The molecule has 2 N–H and O–H groups in total. The van der Waals surface area contributed by atoms with Gasteiger partial charge in [-0.2, -0.15) is 0 Å². The Morgan fingerprint density at radius 2 is 1.80 bits per heavy atom. The Morgan fingerprint density at radius 1 is 1.07 bits per heavy atom. The summed E-state index contributed by atoms with van der Waals surface area (Å²) in [5.41, 5.74) is 1.29. The summed E-state index contributed by atoms with van der Waals surface area (Å²) in [4.78, 5) is 38.2. The quantitative estimate of drug-likeness (QED) is 0.657. The molecule has 0 spiro atoms. The molecule has 160 valence electrons. The number of hydrogen-bond donors (Lipinski definition) is 2. The number of anilines is 1. The van der Waals surface area contributed by atoms with Gasteiger partial charge in [0.2, 0.25) is 11.8 Å². The molecule has 2 aromatic rings. The maximum atomic E-state index is 13.6. The van der Waals surface area contributed by atoms with Gasteiger partial charge >= 0.3 is 0 Å². The van der Waals surface area contributed by atoms with E-state index < -0.39 is 17.5 Å². The predicted octanol–water partition coefficient (Wildman–Crippen LogP) is 3.27. The number of nitrogens with one attached hydrogen (secondary N) is 2.